The van der Waals surface area contributed by atoms with Crippen LogP contribution in [0.5, 0.6) is 5.75 Å². The molecule has 31 heavy (non-hydrogen) atoms. The third kappa shape index (κ3) is 7.15. The van der Waals surface area contributed by atoms with Crippen molar-refractivity contribution in [3.05, 3.63) is 63.6 Å². The van der Waals surface area contributed by atoms with E-state index in [4.69, 9.17) is 27.9 Å². The van der Waals surface area contributed by atoms with Crippen LogP contribution in [0.15, 0.2) is 42.5 Å². The molecule has 0 aromatic heterocycles. The van der Waals surface area contributed by atoms with Gasteiger partial charge in [-0.1, -0.05) is 67.7 Å². The highest BCUT2D eigenvalue weighted by atomic mass is 35.5. The molecule has 0 fully saturated rings. The average Bonchev–Trinajstić information content (AvgIpc) is 2.75. The highest BCUT2D eigenvalue weighted by Gasteiger charge is 2.30. The zero-order valence-corrected chi connectivity index (χ0v) is 19.8. The minimum atomic E-state index is -0.655. The van der Waals surface area contributed by atoms with Crippen molar-refractivity contribution in [2.75, 3.05) is 13.2 Å². The van der Waals surface area contributed by atoms with E-state index in [1.54, 1.807) is 18.2 Å². The number of para-hydroxylation sites is 1. The summed E-state index contributed by atoms with van der Waals surface area (Å²) in [6.45, 7) is 6.35. The van der Waals surface area contributed by atoms with Crippen molar-refractivity contribution in [1.82, 2.24) is 10.2 Å². The summed E-state index contributed by atoms with van der Waals surface area (Å²) in [5.41, 5.74) is 1.54. The van der Waals surface area contributed by atoms with E-state index in [2.05, 4.69) is 12.2 Å². The Bertz CT molecular complexity index is 869. The first-order valence-electron chi connectivity index (χ1n) is 10.6. The molecule has 0 saturated carbocycles. The van der Waals surface area contributed by atoms with Gasteiger partial charge in [0, 0.05) is 28.7 Å². The first kappa shape index (κ1) is 25.0. The lowest BCUT2D eigenvalue weighted by molar-refractivity contribution is -0.143. The molecule has 168 valence electrons. The predicted molar refractivity (Wildman–Crippen MR) is 126 cm³/mol. The first-order valence-corrected chi connectivity index (χ1v) is 11.3. The van der Waals surface area contributed by atoms with Gasteiger partial charge >= 0.3 is 0 Å². The van der Waals surface area contributed by atoms with Crippen LogP contribution < -0.4 is 10.1 Å². The lowest BCUT2D eigenvalue weighted by atomic mass is 10.1. The van der Waals surface area contributed by atoms with Crippen molar-refractivity contribution >= 4 is 35.0 Å². The number of ether oxygens (including phenoxy) is 1. The third-order valence-corrected chi connectivity index (χ3v) is 5.76. The Morgan fingerprint density at radius 3 is 2.35 bits per heavy atom. The fourth-order valence-electron chi connectivity index (χ4n) is 3.22. The SMILES string of the molecule is CCCCNC(=O)[C@@H](CC)N(Cc1c(Cl)cccc1Cl)C(=O)COc1ccccc1C. The Labute approximate surface area is 194 Å². The molecule has 2 aromatic carbocycles. The first-order chi connectivity index (χ1) is 14.9. The molecular weight excluding hydrogens is 435 g/mol. The van der Waals surface area contributed by atoms with Crippen LogP contribution in [0, 0.1) is 6.92 Å². The van der Waals surface area contributed by atoms with Gasteiger partial charge in [0.2, 0.25) is 5.91 Å². The number of halogens is 2. The summed E-state index contributed by atoms with van der Waals surface area (Å²) in [6.07, 6.45) is 2.30. The number of hydrogen-bond acceptors (Lipinski definition) is 3. The Morgan fingerprint density at radius 1 is 1.06 bits per heavy atom. The van der Waals surface area contributed by atoms with Gasteiger partial charge in [0.15, 0.2) is 6.61 Å². The lowest BCUT2D eigenvalue weighted by Crippen LogP contribution is -2.50. The van der Waals surface area contributed by atoms with Crippen LogP contribution in [-0.2, 0) is 16.1 Å². The van der Waals surface area contributed by atoms with Crippen molar-refractivity contribution in [3.63, 3.8) is 0 Å². The molecule has 0 heterocycles. The zero-order chi connectivity index (χ0) is 22.8. The van der Waals surface area contributed by atoms with Crippen molar-refractivity contribution in [2.24, 2.45) is 0 Å². The van der Waals surface area contributed by atoms with E-state index in [0.29, 0.717) is 34.3 Å². The molecule has 2 rings (SSSR count). The molecule has 7 heteroatoms. The van der Waals surface area contributed by atoms with Crippen molar-refractivity contribution in [3.8, 4) is 5.75 Å². The van der Waals surface area contributed by atoms with Crippen LogP contribution in [0.1, 0.15) is 44.2 Å². The van der Waals surface area contributed by atoms with E-state index in [-0.39, 0.29) is 25.0 Å². The molecule has 2 aromatic rings. The lowest BCUT2D eigenvalue weighted by Gasteiger charge is -2.31. The maximum Gasteiger partial charge on any atom is 0.261 e. The van der Waals surface area contributed by atoms with Crippen LogP contribution >= 0.6 is 23.2 Å². The maximum absolute atomic E-state index is 13.2. The van der Waals surface area contributed by atoms with Gasteiger partial charge in [-0.15, -0.1) is 0 Å². The number of benzene rings is 2. The average molecular weight is 465 g/mol. The standard InChI is InChI=1S/C24H30Cl2N2O3/c1-4-6-14-27-24(30)21(5-2)28(15-18-19(25)11-9-12-20(18)26)23(29)16-31-22-13-8-7-10-17(22)3/h7-13,21H,4-6,14-16H2,1-3H3,(H,27,30)/t21-/m1/s1. The Kier molecular flexibility index (Phi) is 10.2. The van der Waals surface area contributed by atoms with E-state index >= 15 is 0 Å². The summed E-state index contributed by atoms with van der Waals surface area (Å²) in [5, 5.41) is 3.83. The normalized spacial score (nSPS) is 11.6. The Morgan fingerprint density at radius 2 is 1.74 bits per heavy atom. The van der Waals surface area contributed by atoms with Crippen molar-refractivity contribution in [1.29, 1.82) is 0 Å². The minimum Gasteiger partial charge on any atom is -0.484 e. The summed E-state index contributed by atoms with van der Waals surface area (Å²) in [6, 6.07) is 12.0. The number of carbonyl (C=O) groups is 2. The number of nitrogens with one attached hydrogen (secondary N) is 1. The van der Waals surface area contributed by atoms with Gasteiger partial charge in [-0.2, -0.15) is 0 Å². The summed E-state index contributed by atoms with van der Waals surface area (Å²) in [7, 11) is 0. The van der Waals surface area contributed by atoms with Gasteiger partial charge < -0.3 is 15.0 Å². The fraction of sp³-hybridized carbons (Fsp3) is 0.417. The second kappa shape index (κ2) is 12.6. The summed E-state index contributed by atoms with van der Waals surface area (Å²) in [5.74, 6) is 0.132. The van der Waals surface area contributed by atoms with Crippen LogP contribution in [0.2, 0.25) is 10.0 Å². The van der Waals surface area contributed by atoms with Gasteiger partial charge in [-0.05, 0) is 43.5 Å². The van der Waals surface area contributed by atoms with E-state index in [1.165, 1.54) is 4.90 Å². The van der Waals surface area contributed by atoms with Crippen molar-refractivity contribution < 1.29 is 14.3 Å². The molecule has 1 N–H and O–H groups in total. The predicted octanol–water partition coefficient (Wildman–Crippen LogP) is 5.40. The van der Waals surface area contributed by atoms with Crippen LogP contribution in [0.3, 0.4) is 0 Å². The van der Waals surface area contributed by atoms with Crippen molar-refractivity contribution in [2.45, 2.75) is 52.6 Å². The van der Waals surface area contributed by atoms with Gasteiger partial charge in [-0.25, -0.2) is 0 Å². The summed E-state index contributed by atoms with van der Waals surface area (Å²) >= 11 is 12.7. The van der Waals surface area contributed by atoms with E-state index < -0.39 is 6.04 Å². The van der Waals surface area contributed by atoms with E-state index in [9.17, 15) is 9.59 Å². The molecule has 0 saturated heterocycles. The number of unbranched alkanes of at least 4 members (excludes halogenated alkanes) is 1. The number of aryl methyl sites for hydroxylation is 1. The van der Waals surface area contributed by atoms with Gasteiger partial charge in [-0.3, -0.25) is 9.59 Å². The minimum absolute atomic E-state index is 0.119. The Balaban J connectivity index is 2.26. The highest BCUT2D eigenvalue weighted by molar-refractivity contribution is 6.36. The molecule has 1 atom stereocenters. The molecule has 0 spiro atoms. The monoisotopic (exact) mass is 464 g/mol. The maximum atomic E-state index is 13.2. The van der Waals surface area contributed by atoms with Gasteiger partial charge in [0.25, 0.3) is 5.91 Å². The van der Waals surface area contributed by atoms with Gasteiger partial charge in [0.05, 0.1) is 0 Å². The smallest absolute Gasteiger partial charge is 0.261 e. The highest BCUT2D eigenvalue weighted by Crippen LogP contribution is 2.27. The van der Waals surface area contributed by atoms with Crippen LogP contribution in [0.4, 0.5) is 0 Å². The van der Waals surface area contributed by atoms with Gasteiger partial charge in [0.1, 0.15) is 11.8 Å². The quantitative estimate of drug-likeness (QED) is 0.452. The second-order valence-electron chi connectivity index (χ2n) is 7.34. The number of amides is 2. The third-order valence-electron chi connectivity index (χ3n) is 5.05. The van der Waals surface area contributed by atoms with Crippen LogP contribution in [0.25, 0.3) is 0 Å². The zero-order valence-electron chi connectivity index (χ0n) is 18.3. The molecule has 0 aliphatic carbocycles. The number of rotatable bonds is 11. The largest absolute Gasteiger partial charge is 0.484 e. The fourth-order valence-corrected chi connectivity index (χ4v) is 3.74. The molecule has 5 nitrogen and oxygen atoms in total. The number of nitrogens with zero attached hydrogens (tertiary/aromatic N) is 1. The van der Waals surface area contributed by atoms with Crippen LogP contribution in [-0.4, -0.2) is 35.9 Å². The molecule has 2 amide bonds. The van der Waals surface area contributed by atoms with E-state index in [0.717, 1.165) is 18.4 Å². The molecular formula is C24H30Cl2N2O3. The number of hydrogen-bond donors (Lipinski definition) is 1. The second-order valence-corrected chi connectivity index (χ2v) is 8.16. The molecule has 0 bridgehead atoms. The molecule has 0 aliphatic rings. The molecule has 0 unspecified atom stereocenters. The summed E-state index contributed by atoms with van der Waals surface area (Å²) in [4.78, 5) is 27.6. The van der Waals surface area contributed by atoms with E-state index in [1.807, 2.05) is 38.1 Å². The topological polar surface area (TPSA) is 58.6 Å². The molecule has 0 aliphatic heterocycles. The Hall–Kier alpha value is -2.24. The molecule has 0 radical (unpaired) electrons. The number of carbonyl (C=O) groups excluding carboxylic acids is 2. The summed E-state index contributed by atoms with van der Waals surface area (Å²) < 4.78 is 5.76.